The molecule has 0 atom stereocenters. The third kappa shape index (κ3) is 3.60. The second kappa shape index (κ2) is 6.24. The molecule has 0 aliphatic rings. The van der Waals surface area contributed by atoms with Crippen LogP contribution in [-0.2, 0) is 0 Å². The maximum Gasteiger partial charge on any atom is 0.159 e. The van der Waals surface area contributed by atoms with Crippen LogP contribution >= 0.6 is 0 Å². The van der Waals surface area contributed by atoms with Crippen molar-refractivity contribution in [2.45, 2.75) is 26.8 Å². The molecule has 0 bridgehead atoms. The van der Waals surface area contributed by atoms with Crippen molar-refractivity contribution in [3.8, 4) is 11.5 Å². The van der Waals surface area contributed by atoms with Gasteiger partial charge in [-0.2, -0.15) is 0 Å². The summed E-state index contributed by atoms with van der Waals surface area (Å²) in [5.74, 6) is 1.45. The van der Waals surface area contributed by atoms with Crippen LogP contribution < -0.4 is 10.1 Å². The van der Waals surface area contributed by atoms with Gasteiger partial charge in [-0.25, -0.2) is 0 Å². The average molecular weight is 269 g/mol. The van der Waals surface area contributed by atoms with E-state index in [1.165, 1.54) is 0 Å². The molecular weight excluding hydrogens is 250 g/mol. The highest BCUT2D eigenvalue weighted by molar-refractivity contribution is 5.94. The summed E-state index contributed by atoms with van der Waals surface area (Å²) in [5.41, 5.74) is 1.59. The number of rotatable bonds is 5. The summed E-state index contributed by atoms with van der Waals surface area (Å²) in [5, 5.41) is 3.34. The maximum absolute atomic E-state index is 11.4. The highest BCUT2D eigenvalue weighted by Gasteiger charge is 2.07. The first-order chi connectivity index (χ1) is 9.56. The Kier molecular flexibility index (Phi) is 4.41. The predicted octanol–water partition coefficient (Wildman–Crippen LogP) is 4.50. The molecule has 3 nitrogen and oxygen atoms in total. The topological polar surface area (TPSA) is 38.3 Å². The summed E-state index contributed by atoms with van der Waals surface area (Å²) in [4.78, 5) is 11.4. The lowest BCUT2D eigenvalue weighted by Crippen LogP contribution is -2.10. The van der Waals surface area contributed by atoms with Crippen molar-refractivity contribution in [2.75, 3.05) is 5.32 Å². The van der Waals surface area contributed by atoms with Crippen molar-refractivity contribution in [3.63, 3.8) is 0 Å². The van der Waals surface area contributed by atoms with Gasteiger partial charge < -0.3 is 10.1 Å². The Hall–Kier alpha value is -2.29. The molecule has 2 rings (SSSR count). The fourth-order valence-corrected chi connectivity index (χ4v) is 1.89. The number of benzene rings is 2. The zero-order valence-corrected chi connectivity index (χ0v) is 12.0. The van der Waals surface area contributed by atoms with E-state index in [2.05, 4.69) is 19.2 Å². The summed E-state index contributed by atoms with van der Waals surface area (Å²) in [6.07, 6.45) is 0. The molecule has 0 radical (unpaired) electrons. The van der Waals surface area contributed by atoms with Crippen molar-refractivity contribution in [1.82, 2.24) is 0 Å². The molecule has 2 aromatic rings. The van der Waals surface area contributed by atoms with E-state index in [9.17, 15) is 4.79 Å². The van der Waals surface area contributed by atoms with Gasteiger partial charge in [-0.15, -0.1) is 0 Å². The van der Waals surface area contributed by atoms with E-state index in [-0.39, 0.29) is 5.78 Å². The predicted molar refractivity (Wildman–Crippen MR) is 81.7 cm³/mol. The number of carbonyl (C=O) groups is 1. The van der Waals surface area contributed by atoms with Crippen LogP contribution in [0.3, 0.4) is 0 Å². The Morgan fingerprint density at radius 2 is 1.85 bits per heavy atom. The molecule has 0 saturated carbocycles. The highest BCUT2D eigenvalue weighted by Crippen LogP contribution is 2.30. The SMILES string of the molecule is CC(=O)c1cccc(Oc2ccccc2NC(C)C)c1. The largest absolute Gasteiger partial charge is 0.455 e. The quantitative estimate of drug-likeness (QED) is 0.812. The Labute approximate surface area is 119 Å². The van der Waals surface area contributed by atoms with E-state index in [1.807, 2.05) is 36.4 Å². The Balaban J connectivity index is 2.25. The van der Waals surface area contributed by atoms with Gasteiger partial charge in [0.1, 0.15) is 5.75 Å². The molecule has 104 valence electrons. The maximum atomic E-state index is 11.4. The molecule has 0 saturated heterocycles. The van der Waals surface area contributed by atoms with Crippen LogP contribution in [0.5, 0.6) is 11.5 Å². The minimum atomic E-state index is 0.0315. The van der Waals surface area contributed by atoms with Crippen molar-refractivity contribution >= 4 is 11.5 Å². The fraction of sp³-hybridized carbons (Fsp3) is 0.235. The molecule has 20 heavy (non-hydrogen) atoms. The normalized spacial score (nSPS) is 10.4. The molecule has 0 amide bonds. The Morgan fingerprint density at radius 3 is 2.55 bits per heavy atom. The first-order valence-electron chi connectivity index (χ1n) is 6.70. The molecule has 0 fully saturated rings. The average Bonchev–Trinajstić information content (AvgIpc) is 2.41. The van der Waals surface area contributed by atoms with Gasteiger partial charge in [0, 0.05) is 11.6 Å². The van der Waals surface area contributed by atoms with E-state index < -0.39 is 0 Å². The van der Waals surface area contributed by atoms with E-state index in [0.29, 0.717) is 17.4 Å². The number of anilines is 1. The minimum Gasteiger partial charge on any atom is -0.455 e. The van der Waals surface area contributed by atoms with Gasteiger partial charge in [-0.1, -0.05) is 24.3 Å². The molecular formula is C17H19NO2. The molecule has 0 spiro atoms. The molecule has 0 aliphatic heterocycles. The second-order valence-corrected chi connectivity index (χ2v) is 4.98. The Morgan fingerprint density at radius 1 is 1.10 bits per heavy atom. The fourth-order valence-electron chi connectivity index (χ4n) is 1.89. The van der Waals surface area contributed by atoms with Crippen LogP contribution in [0.1, 0.15) is 31.1 Å². The van der Waals surface area contributed by atoms with Gasteiger partial charge >= 0.3 is 0 Å². The monoisotopic (exact) mass is 269 g/mol. The number of Topliss-reactive ketones (excluding diaryl/α,β-unsaturated/α-hetero) is 1. The van der Waals surface area contributed by atoms with E-state index >= 15 is 0 Å². The van der Waals surface area contributed by atoms with Crippen molar-refractivity contribution in [1.29, 1.82) is 0 Å². The number of ketones is 1. The summed E-state index contributed by atoms with van der Waals surface area (Å²) >= 11 is 0. The molecule has 2 aromatic carbocycles. The number of hydrogen-bond acceptors (Lipinski definition) is 3. The molecule has 0 unspecified atom stereocenters. The van der Waals surface area contributed by atoms with E-state index in [1.54, 1.807) is 19.1 Å². The number of carbonyl (C=O) groups excluding carboxylic acids is 1. The standard InChI is InChI=1S/C17H19NO2/c1-12(2)18-16-9-4-5-10-17(16)20-15-8-6-7-14(11-15)13(3)19/h4-12,18H,1-3H3. The smallest absolute Gasteiger partial charge is 0.159 e. The lowest BCUT2D eigenvalue weighted by molar-refractivity contribution is 0.101. The van der Waals surface area contributed by atoms with E-state index in [4.69, 9.17) is 4.74 Å². The zero-order valence-electron chi connectivity index (χ0n) is 12.0. The molecule has 3 heteroatoms. The van der Waals surface area contributed by atoms with Crippen molar-refractivity contribution < 1.29 is 9.53 Å². The van der Waals surface area contributed by atoms with Crippen LogP contribution in [0, 0.1) is 0 Å². The van der Waals surface area contributed by atoms with Gasteiger partial charge in [0.2, 0.25) is 0 Å². The highest BCUT2D eigenvalue weighted by atomic mass is 16.5. The molecule has 0 heterocycles. The van der Waals surface area contributed by atoms with Gasteiger partial charge in [-0.05, 0) is 45.0 Å². The number of para-hydroxylation sites is 2. The molecule has 1 N–H and O–H groups in total. The lowest BCUT2D eigenvalue weighted by Gasteiger charge is -2.15. The van der Waals surface area contributed by atoms with Crippen molar-refractivity contribution in [3.05, 3.63) is 54.1 Å². The first kappa shape index (κ1) is 14.1. The van der Waals surface area contributed by atoms with Crippen LogP contribution in [0.15, 0.2) is 48.5 Å². The number of hydrogen-bond donors (Lipinski definition) is 1. The van der Waals surface area contributed by atoms with Crippen molar-refractivity contribution in [2.24, 2.45) is 0 Å². The third-order valence-electron chi connectivity index (χ3n) is 2.80. The summed E-state index contributed by atoms with van der Waals surface area (Å²) in [6.45, 7) is 5.70. The third-order valence-corrected chi connectivity index (χ3v) is 2.80. The molecule has 0 aromatic heterocycles. The van der Waals surface area contributed by atoms with Crippen LogP contribution in [0.25, 0.3) is 0 Å². The minimum absolute atomic E-state index is 0.0315. The number of ether oxygens (including phenoxy) is 1. The summed E-state index contributed by atoms with van der Waals surface area (Å²) in [6, 6.07) is 15.3. The van der Waals surface area contributed by atoms with Gasteiger partial charge in [0.05, 0.1) is 5.69 Å². The first-order valence-corrected chi connectivity index (χ1v) is 6.70. The van der Waals surface area contributed by atoms with Gasteiger partial charge in [-0.3, -0.25) is 4.79 Å². The number of nitrogens with one attached hydrogen (secondary N) is 1. The van der Waals surface area contributed by atoms with Gasteiger partial charge in [0.15, 0.2) is 11.5 Å². The zero-order chi connectivity index (χ0) is 14.5. The summed E-state index contributed by atoms with van der Waals surface area (Å²) < 4.78 is 5.89. The summed E-state index contributed by atoms with van der Waals surface area (Å²) in [7, 11) is 0. The van der Waals surface area contributed by atoms with Crippen LogP contribution in [0.4, 0.5) is 5.69 Å². The Bertz CT molecular complexity index is 605. The van der Waals surface area contributed by atoms with Crippen LogP contribution in [-0.4, -0.2) is 11.8 Å². The van der Waals surface area contributed by atoms with Gasteiger partial charge in [0.25, 0.3) is 0 Å². The van der Waals surface area contributed by atoms with Crippen LogP contribution in [0.2, 0.25) is 0 Å². The van der Waals surface area contributed by atoms with E-state index in [0.717, 1.165) is 11.4 Å². The molecule has 0 aliphatic carbocycles. The second-order valence-electron chi connectivity index (χ2n) is 4.98. The lowest BCUT2D eigenvalue weighted by atomic mass is 10.1.